The van der Waals surface area contributed by atoms with Crippen molar-refractivity contribution < 1.29 is 4.74 Å². The van der Waals surface area contributed by atoms with Gasteiger partial charge in [0.05, 0.1) is 12.2 Å². The first-order valence-electron chi connectivity index (χ1n) is 4.53. The first-order chi connectivity index (χ1) is 6.13. The maximum absolute atomic E-state index is 6.15. The standard InChI is InChI=1S/C11H13ClO/c1-8-4-3-5-9(12)10(8)11(2)6-7-13-11/h3-5H,6-7H2,1-2H3. The van der Waals surface area contributed by atoms with Crippen LogP contribution < -0.4 is 0 Å². The Morgan fingerprint density at radius 1 is 1.46 bits per heavy atom. The Labute approximate surface area is 83.7 Å². The van der Waals surface area contributed by atoms with Crippen molar-refractivity contribution in [2.75, 3.05) is 6.61 Å². The molecule has 1 unspecified atom stereocenters. The maximum Gasteiger partial charge on any atom is 0.0942 e. The van der Waals surface area contributed by atoms with Crippen LogP contribution in [-0.2, 0) is 10.3 Å². The molecule has 1 aliphatic heterocycles. The number of hydrogen-bond donors (Lipinski definition) is 0. The average molecular weight is 197 g/mol. The Hall–Kier alpha value is -0.530. The molecule has 1 atom stereocenters. The van der Waals surface area contributed by atoms with Crippen LogP contribution in [0.3, 0.4) is 0 Å². The van der Waals surface area contributed by atoms with Crippen molar-refractivity contribution in [2.24, 2.45) is 0 Å². The molecule has 1 nitrogen and oxygen atoms in total. The van der Waals surface area contributed by atoms with E-state index >= 15 is 0 Å². The fraction of sp³-hybridized carbons (Fsp3) is 0.455. The topological polar surface area (TPSA) is 9.23 Å². The lowest BCUT2D eigenvalue weighted by Gasteiger charge is -2.40. The van der Waals surface area contributed by atoms with Crippen LogP contribution in [0.2, 0.25) is 5.02 Å². The Kier molecular flexibility index (Phi) is 2.09. The molecule has 1 aliphatic rings. The second kappa shape index (κ2) is 3.00. The molecule has 2 rings (SSSR count). The third-order valence-corrected chi connectivity index (χ3v) is 3.07. The van der Waals surface area contributed by atoms with Crippen LogP contribution in [0.15, 0.2) is 18.2 Å². The smallest absolute Gasteiger partial charge is 0.0942 e. The Morgan fingerprint density at radius 2 is 2.15 bits per heavy atom. The van der Waals surface area contributed by atoms with Gasteiger partial charge in [0.1, 0.15) is 0 Å². The molecule has 0 amide bonds. The Balaban J connectivity index is 2.49. The lowest BCUT2D eigenvalue weighted by atomic mass is 9.86. The van der Waals surface area contributed by atoms with E-state index in [4.69, 9.17) is 16.3 Å². The second-order valence-corrected chi connectivity index (χ2v) is 4.17. The predicted molar refractivity (Wildman–Crippen MR) is 54.1 cm³/mol. The summed E-state index contributed by atoms with van der Waals surface area (Å²) in [6, 6.07) is 5.98. The van der Waals surface area contributed by atoms with Gasteiger partial charge in [-0.15, -0.1) is 0 Å². The number of rotatable bonds is 1. The van der Waals surface area contributed by atoms with Gasteiger partial charge in [-0.3, -0.25) is 0 Å². The molecular weight excluding hydrogens is 184 g/mol. The molecule has 0 N–H and O–H groups in total. The quantitative estimate of drug-likeness (QED) is 0.670. The van der Waals surface area contributed by atoms with Gasteiger partial charge in [-0.1, -0.05) is 23.7 Å². The number of aryl methyl sites for hydroxylation is 1. The zero-order chi connectivity index (χ0) is 9.47. The van der Waals surface area contributed by atoms with E-state index in [1.165, 1.54) is 5.56 Å². The number of benzene rings is 1. The minimum absolute atomic E-state index is 0.136. The highest BCUT2D eigenvalue weighted by atomic mass is 35.5. The van der Waals surface area contributed by atoms with Gasteiger partial charge in [0.25, 0.3) is 0 Å². The summed E-state index contributed by atoms with van der Waals surface area (Å²) < 4.78 is 5.58. The normalized spacial score (nSPS) is 27.0. The van der Waals surface area contributed by atoms with Crippen LogP contribution in [0.4, 0.5) is 0 Å². The molecule has 0 aromatic heterocycles. The van der Waals surface area contributed by atoms with E-state index in [1.807, 2.05) is 12.1 Å². The van der Waals surface area contributed by atoms with Crippen molar-refractivity contribution in [2.45, 2.75) is 25.9 Å². The highest BCUT2D eigenvalue weighted by Gasteiger charge is 2.37. The SMILES string of the molecule is Cc1cccc(Cl)c1C1(C)CCO1. The van der Waals surface area contributed by atoms with Gasteiger partial charge in [0.15, 0.2) is 0 Å². The molecule has 2 heteroatoms. The molecule has 13 heavy (non-hydrogen) atoms. The molecular formula is C11H13ClO. The summed E-state index contributed by atoms with van der Waals surface area (Å²) in [7, 11) is 0. The van der Waals surface area contributed by atoms with Gasteiger partial charge in [-0.25, -0.2) is 0 Å². The molecule has 1 heterocycles. The predicted octanol–water partition coefficient (Wildman–Crippen LogP) is 3.28. The van der Waals surface area contributed by atoms with Crippen LogP contribution in [0.5, 0.6) is 0 Å². The summed E-state index contributed by atoms with van der Waals surface area (Å²) in [5.74, 6) is 0. The number of ether oxygens (including phenoxy) is 1. The van der Waals surface area contributed by atoms with E-state index in [9.17, 15) is 0 Å². The van der Waals surface area contributed by atoms with Gasteiger partial charge in [0.2, 0.25) is 0 Å². The van der Waals surface area contributed by atoms with E-state index in [1.54, 1.807) is 0 Å². The third kappa shape index (κ3) is 1.36. The highest BCUT2D eigenvalue weighted by molar-refractivity contribution is 6.31. The molecule has 0 radical (unpaired) electrons. The van der Waals surface area contributed by atoms with Crippen LogP contribution in [-0.4, -0.2) is 6.61 Å². The zero-order valence-electron chi connectivity index (χ0n) is 7.93. The lowest BCUT2D eigenvalue weighted by Crippen LogP contribution is -2.38. The molecule has 0 spiro atoms. The molecule has 1 aromatic rings. The summed E-state index contributed by atoms with van der Waals surface area (Å²) in [4.78, 5) is 0. The summed E-state index contributed by atoms with van der Waals surface area (Å²) in [5.41, 5.74) is 2.24. The van der Waals surface area contributed by atoms with Gasteiger partial charge in [-0.05, 0) is 25.5 Å². The highest BCUT2D eigenvalue weighted by Crippen LogP contribution is 2.41. The molecule has 1 aromatic carbocycles. The van der Waals surface area contributed by atoms with Crippen molar-refractivity contribution in [1.29, 1.82) is 0 Å². The second-order valence-electron chi connectivity index (χ2n) is 3.76. The third-order valence-electron chi connectivity index (χ3n) is 2.75. The van der Waals surface area contributed by atoms with Crippen LogP contribution in [0.25, 0.3) is 0 Å². The lowest BCUT2D eigenvalue weighted by molar-refractivity contribution is -0.140. The van der Waals surface area contributed by atoms with Crippen molar-refractivity contribution in [1.82, 2.24) is 0 Å². The summed E-state index contributed by atoms with van der Waals surface area (Å²) in [6.45, 7) is 5.03. The van der Waals surface area contributed by atoms with Crippen molar-refractivity contribution in [3.63, 3.8) is 0 Å². The molecule has 70 valence electrons. The molecule has 0 saturated carbocycles. The van der Waals surface area contributed by atoms with Crippen molar-refractivity contribution in [3.8, 4) is 0 Å². The van der Waals surface area contributed by atoms with Gasteiger partial charge >= 0.3 is 0 Å². The first-order valence-corrected chi connectivity index (χ1v) is 4.91. The van der Waals surface area contributed by atoms with Gasteiger partial charge < -0.3 is 4.74 Å². The van der Waals surface area contributed by atoms with Crippen molar-refractivity contribution in [3.05, 3.63) is 34.3 Å². The van der Waals surface area contributed by atoms with E-state index in [0.717, 1.165) is 23.6 Å². The Bertz CT molecular complexity index is 309. The van der Waals surface area contributed by atoms with Crippen LogP contribution in [0, 0.1) is 6.92 Å². The van der Waals surface area contributed by atoms with Crippen LogP contribution >= 0.6 is 11.6 Å². The molecule has 0 bridgehead atoms. The minimum atomic E-state index is -0.136. The van der Waals surface area contributed by atoms with Crippen molar-refractivity contribution >= 4 is 11.6 Å². The number of hydrogen-bond acceptors (Lipinski definition) is 1. The molecule has 0 aliphatic carbocycles. The van der Waals surface area contributed by atoms with Gasteiger partial charge in [0, 0.05) is 17.0 Å². The summed E-state index contributed by atoms with van der Waals surface area (Å²) >= 11 is 6.15. The minimum Gasteiger partial charge on any atom is -0.370 e. The van der Waals surface area contributed by atoms with Crippen LogP contribution in [0.1, 0.15) is 24.5 Å². The average Bonchev–Trinajstić information content (AvgIpc) is 2.01. The monoisotopic (exact) mass is 196 g/mol. The summed E-state index contributed by atoms with van der Waals surface area (Å²) in [5, 5.41) is 0.821. The largest absolute Gasteiger partial charge is 0.370 e. The molecule has 1 saturated heterocycles. The summed E-state index contributed by atoms with van der Waals surface area (Å²) in [6.07, 6.45) is 1.07. The Morgan fingerprint density at radius 3 is 2.62 bits per heavy atom. The van der Waals surface area contributed by atoms with E-state index in [2.05, 4.69) is 19.9 Å². The van der Waals surface area contributed by atoms with E-state index < -0.39 is 0 Å². The fourth-order valence-corrected chi connectivity index (χ4v) is 2.33. The van der Waals surface area contributed by atoms with Gasteiger partial charge in [-0.2, -0.15) is 0 Å². The zero-order valence-corrected chi connectivity index (χ0v) is 8.69. The maximum atomic E-state index is 6.15. The fourth-order valence-electron chi connectivity index (χ4n) is 1.91. The van der Waals surface area contributed by atoms with E-state index in [-0.39, 0.29) is 5.60 Å². The number of halogens is 1. The first kappa shape index (κ1) is 9.04. The van der Waals surface area contributed by atoms with E-state index in [0.29, 0.717) is 0 Å². The molecule has 1 fully saturated rings.